The average molecular weight is 148 g/mol. The number of amides is 1. The normalized spacial score (nSPS) is 11.2. The van der Waals surface area contributed by atoms with Crippen LogP contribution in [0.2, 0.25) is 0 Å². The Morgan fingerprint density at radius 2 is 2.55 bits per heavy atom. The third kappa shape index (κ3) is 1.97. The molecule has 0 saturated carbocycles. The van der Waals surface area contributed by atoms with E-state index < -0.39 is 0 Å². The molecule has 1 rings (SSSR count). The van der Waals surface area contributed by atoms with E-state index in [2.05, 4.69) is 9.98 Å². The lowest BCUT2D eigenvalue weighted by Crippen LogP contribution is -1.94. The molecule has 3 nitrogen and oxygen atoms in total. The summed E-state index contributed by atoms with van der Waals surface area (Å²) in [6.07, 6.45) is 3.88. The Kier molecular flexibility index (Phi) is 2.49. The van der Waals surface area contributed by atoms with Crippen LogP contribution in [0.3, 0.4) is 0 Å². The summed E-state index contributed by atoms with van der Waals surface area (Å²) < 4.78 is 0. The van der Waals surface area contributed by atoms with Gasteiger partial charge in [0, 0.05) is 23.7 Å². The van der Waals surface area contributed by atoms with Gasteiger partial charge in [-0.15, -0.1) is 0 Å². The minimum atomic E-state index is 0.530. The van der Waals surface area contributed by atoms with Gasteiger partial charge in [-0.2, -0.15) is 0 Å². The SMILES string of the molecule is CC(=NC=O)c1cccnc1. The molecule has 0 aliphatic rings. The van der Waals surface area contributed by atoms with Gasteiger partial charge in [-0.05, 0) is 13.0 Å². The molecule has 0 fully saturated rings. The molecule has 0 saturated heterocycles. The molecule has 0 aliphatic carbocycles. The van der Waals surface area contributed by atoms with Crippen LogP contribution in [0.4, 0.5) is 0 Å². The highest BCUT2D eigenvalue weighted by molar-refractivity contribution is 6.01. The summed E-state index contributed by atoms with van der Waals surface area (Å²) in [5.74, 6) is 0. The molecule has 0 radical (unpaired) electrons. The number of hydrogen-bond donors (Lipinski definition) is 0. The lowest BCUT2D eigenvalue weighted by molar-refractivity contribution is -0.106. The summed E-state index contributed by atoms with van der Waals surface area (Å²) in [7, 11) is 0. The van der Waals surface area contributed by atoms with Crippen molar-refractivity contribution in [1.29, 1.82) is 0 Å². The van der Waals surface area contributed by atoms with Crippen LogP contribution in [0.25, 0.3) is 0 Å². The number of carbonyl (C=O) groups is 1. The zero-order valence-electron chi connectivity index (χ0n) is 6.19. The summed E-state index contributed by atoms with van der Waals surface area (Å²) >= 11 is 0. The van der Waals surface area contributed by atoms with Gasteiger partial charge in [-0.1, -0.05) is 6.07 Å². The van der Waals surface area contributed by atoms with Crippen molar-refractivity contribution in [3.05, 3.63) is 30.1 Å². The van der Waals surface area contributed by atoms with Crippen molar-refractivity contribution in [3.8, 4) is 0 Å². The van der Waals surface area contributed by atoms with Crippen LogP contribution in [-0.4, -0.2) is 17.1 Å². The van der Waals surface area contributed by atoms with E-state index in [-0.39, 0.29) is 0 Å². The first-order valence-electron chi connectivity index (χ1n) is 3.23. The van der Waals surface area contributed by atoms with Crippen LogP contribution < -0.4 is 0 Å². The van der Waals surface area contributed by atoms with E-state index >= 15 is 0 Å². The second kappa shape index (κ2) is 3.61. The fourth-order valence-electron chi connectivity index (χ4n) is 0.730. The molecular weight excluding hydrogens is 140 g/mol. The number of nitrogens with zero attached hydrogens (tertiary/aromatic N) is 2. The van der Waals surface area contributed by atoms with E-state index in [0.717, 1.165) is 5.56 Å². The van der Waals surface area contributed by atoms with Gasteiger partial charge in [0.1, 0.15) is 0 Å². The van der Waals surface area contributed by atoms with Crippen molar-refractivity contribution in [3.63, 3.8) is 0 Å². The Bertz CT molecular complexity index is 267. The van der Waals surface area contributed by atoms with E-state index in [1.165, 1.54) is 0 Å². The lowest BCUT2D eigenvalue weighted by Gasteiger charge is -1.94. The highest BCUT2D eigenvalue weighted by Gasteiger charge is 1.93. The summed E-state index contributed by atoms with van der Waals surface area (Å²) in [6, 6.07) is 3.66. The Balaban J connectivity index is 2.94. The van der Waals surface area contributed by atoms with Crippen molar-refractivity contribution in [2.45, 2.75) is 6.92 Å². The third-order valence-electron chi connectivity index (χ3n) is 1.33. The summed E-state index contributed by atoms with van der Waals surface area (Å²) in [5, 5.41) is 0. The molecule has 0 N–H and O–H groups in total. The Morgan fingerprint density at radius 3 is 3.09 bits per heavy atom. The molecule has 3 heteroatoms. The Labute approximate surface area is 64.8 Å². The topological polar surface area (TPSA) is 42.3 Å². The van der Waals surface area contributed by atoms with E-state index in [1.807, 2.05) is 6.07 Å². The number of aliphatic imine (C=N–C) groups is 1. The Morgan fingerprint density at radius 1 is 1.73 bits per heavy atom. The van der Waals surface area contributed by atoms with E-state index in [9.17, 15) is 4.79 Å². The molecule has 0 aromatic carbocycles. The molecule has 0 bridgehead atoms. The smallest absolute Gasteiger partial charge is 0.233 e. The molecule has 0 spiro atoms. The second-order valence-corrected chi connectivity index (χ2v) is 2.06. The van der Waals surface area contributed by atoms with Gasteiger partial charge in [0.2, 0.25) is 6.41 Å². The first-order chi connectivity index (χ1) is 5.34. The van der Waals surface area contributed by atoms with Gasteiger partial charge < -0.3 is 0 Å². The van der Waals surface area contributed by atoms with Crippen LogP contribution in [-0.2, 0) is 4.79 Å². The van der Waals surface area contributed by atoms with Gasteiger partial charge in [-0.3, -0.25) is 9.78 Å². The lowest BCUT2D eigenvalue weighted by atomic mass is 10.2. The maximum absolute atomic E-state index is 9.98. The quantitative estimate of drug-likeness (QED) is 0.464. The fourth-order valence-corrected chi connectivity index (χ4v) is 0.730. The maximum atomic E-state index is 9.98. The minimum absolute atomic E-state index is 0.530. The molecule has 0 unspecified atom stereocenters. The first kappa shape index (κ1) is 7.60. The van der Waals surface area contributed by atoms with Gasteiger partial charge in [0.05, 0.1) is 0 Å². The van der Waals surface area contributed by atoms with Crippen molar-refractivity contribution in [2.24, 2.45) is 4.99 Å². The molecule has 1 heterocycles. The highest BCUT2D eigenvalue weighted by Crippen LogP contribution is 1.96. The number of pyridine rings is 1. The van der Waals surface area contributed by atoms with Crippen LogP contribution in [0, 0.1) is 0 Å². The number of rotatable bonds is 2. The standard InChI is InChI=1S/C8H8N2O/c1-7(10-6-11)8-3-2-4-9-5-8/h2-6H,1H3. The van der Waals surface area contributed by atoms with Crippen LogP contribution in [0.15, 0.2) is 29.5 Å². The largest absolute Gasteiger partial charge is 0.276 e. The molecule has 1 aromatic heterocycles. The van der Waals surface area contributed by atoms with Gasteiger partial charge in [0.15, 0.2) is 0 Å². The molecule has 1 amide bonds. The molecule has 0 atom stereocenters. The summed E-state index contributed by atoms with van der Waals surface area (Å²) in [5.41, 5.74) is 1.56. The predicted octanol–water partition coefficient (Wildman–Crippen LogP) is 1.05. The third-order valence-corrected chi connectivity index (χ3v) is 1.33. The fraction of sp³-hybridized carbons (Fsp3) is 0.125. The van der Waals surface area contributed by atoms with Crippen molar-refractivity contribution < 1.29 is 4.79 Å². The van der Waals surface area contributed by atoms with Crippen molar-refractivity contribution in [2.75, 3.05) is 0 Å². The zero-order chi connectivity index (χ0) is 8.10. The minimum Gasteiger partial charge on any atom is -0.276 e. The molecule has 0 aliphatic heterocycles. The summed E-state index contributed by atoms with van der Waals surface area (Å²) in [6.45, 7) is 1.77. The molecule has 11 heavy (non-hydrogen) atoms. The maximum Gasteiger partial charge on any atom is 0.233 e. The monoisotopic (exact) mass is 148 g/mol. The van der Waals surface area contributed by atoms with E-state index in [0.29, 0.717) is 12.1 Å². The number of aromatic nitrogens is 1. The van der Waals surface area contributed by atoms with Gasteiger partial charge >= 0.3 is 0 Å². The van der Waals surface area contributed by atoms with Crippen LogP contribution in [0.1, 0.15) is 12.5 Å². The van der Waals surface area contributed by atoms with Gasteiger partial charge in [0.25, 0.3) is 0 Å². The van der Waals surface area contributed by atoms with Crippen LogP contribution >= 0.6 is 0 Å². The summed E-state index contributed by atoms with van der Waals surface area (Å²) in [4.78, 5) is 17.5. The Hall–Kier alpha value is -1.51. The molecule has 1 aromatic rings. The zero-order valence-corrected chi connectivity index (χ0v) is 6.19. The first-order valence-corrected chi connectivity index (χ1v) is 3.23. The predicted molar refractivity (Wildman–Crippen MR) is 42.5 cm³/mol. The second-order valence-electron chi connectivity index (χ2n) is 2.06. The van der Waals surface area contributed by atoms with Gasteiger partial charge in [-0.25, -0.2) is 4.99 Å². The van der Waals surface area contributed by atoms with Crippen molar-refractivity contribution >= 4 is 12.1 Å². The van der Waals surface area contributed by atoms with Crippen LogP contribution in [0.5, 0.6) is 0 Å². The molecular formula is C8H8N2O. The highest BCUT2D eigenvalue weighted by atomic mass is 16.1. The number of hydrogen-bond acceptors (Lipinski definition) is 2. The van der Waals surface area contributed by atoms with E-state index in [4.69, 9.17) is 0 Å². The number of carbonyl (C=O) groups excluding carboxylic acids is 1. The average Bonchev–Trinajstić information content (AvgIpc) is 2.07. The van der Waals surface area contributed by atoms with E-state index in [1.54, 1.807) is 25.4 Å². The molecule has 56 valence electrons. The van der Waals surface area contributed by atoms with Crippen molar-refractivity contribution in [1.82, 2.24) is 4.98 Å².